The number of nitrogens with zero attached hydrogens (tertiary/aromatic N) is 1. The molecule has 0 saturated heterocycles. The van der Waals surface area contributed by atoms with Gasteiger partial charge in [0.2, 0.25) is 11.9 Å². The Morgan fingerprint density at radius 3 is 2.38 bits per heavy atom. The van der Waals surface area contributed by atoms with E-state index in [9.17, 15) is 4.79 Å². The number of methoxy groups -OCH3 is 1. The highest BCUT2D eigenvalue weighted by Gasteiger charge is 2.41. The fourth-order valence-electron chi connectivity index (χ4n) is 2.65. The van der Waals surface area contributed by atoms with Gasteiger partial charge in [-0.25, -0.2) is 10.6 Å². The summed E-state index contributed by atoms with van der Waals surface area (Å²) < 4.78 is 40.2. The Bertz CT molecular complexity index is 970. The first-order valence-corrected chi connectivity index (χ1v) is 13.7. The van der Waals surface area contributed by atoms with Crippen molar-refractivity contribution in [2.75, 3.05) is 18.2 Å². The Kier molecular flexibility index (Phi) is 7.26. The summed E-state index contributed by atoms with van der Waals surface area (Å²) in [6.45, 7) is 20.4. The van der Waals surface area contributed by atoms with Gasteiger partial charge < -0.3 is 13.9 Å². The smallest absolute Gasteiger partial charge is 0.412 e. The number of hydrogen-bond donors (Lipinski definition) is 2. The van der Waals surface area contributed by atoms with Crippen molar-refractivity contribution in [3.63, 3.8) is 0 Å². The van der Waals surface area contributed by atoms with Crippen LogP contribution in [0.15, 0.2) is 12.3 Å². The van der Waals surface area contributed by atoms with Gasteiger partial charge >= 0.3 is 6.09 Å². The van der Waals surface area contributed by atoms with Crippen LogP contribution >= 0.6 is 0 Å². The van der Waals surface area contributed by atoms with Crippen LogP contribution in [0.2, 0.25) is 18.1 Å². The van der Waals surface area contributed by atoms with Crippen LogP contribution in [-0.2, 0) is 9.16 Å². The van der Waals surface area contributed by atoms with E-state index in [-0.39, 0.29) is 22.1 Å². The number of rotatable bonds is 6. The lowest BCUT2D eigenvalue weighted by molar-refractivity contribution is -0.641. The molecule has 32 heavy (non-hydrogen) atoms. The van der Waals surface area contributed by atoms with Gasteiger partial charge in [0.15, 0.2) is 8.32 Å². The zero-order valence-corrected chi connectivity index (χ0v) is 22.2. The molecule has 180 valence electrons. The second-order valence-corrected chi connectivity index (χ2v) is 15.7. The van der Waals surface area contributed by atoms with E-state index < -0.39 is 27.0 Å². The quantitative estimate of drug-likeness (QED) is 0.267. The number of pyridine rings is 1. The molecule has 0 aliphatic rings. The number of nitrogens with one attached hydrogen (secondary N) is 1. The normalized spacial score (nSPS) is 14.4. The molecule has 0 atom stereocenters. The number of amides is 1. The minimum absolute atomic E-state index is 0.0861. The summed E-state index contributed by atoms with van der Waals surface area (Å²) in [5.41, 5.74) is -0.628. The Morgan fingerprint density at radius 1 is 1.22 bits per heavy atom. The molecule has 7 nitrogen and oxygen atoms in total. The molecule has 1 heterocycles. The maximum Gasteiger partial charge on any atom is 0.412 e. The molecular formula is C24H42N3O4Si+. The lowest BCUT2D eigenvalue weighted by Crippen LogP contribution is -2.47. The molecule has 1 amide bonds. The highest BCUT2D eigenvalue weighted by atomic mass is 28.4. The van der Waals surface area contributed by atoms with Gasteiger partial charge in [-0.3, -0.25) is 5.32 Å². The molecule has 0 fully saturated rings. The van der Waals surface area contributed by atoms with Crippen LogP contribution in [0.3, 0.4) is 0 Å². The van der Waals surface area contributed by atoms with Crippen molar-refractivity contribution in [3.05, 3.63) is 18.0 Å². The molecule has 0 aliphatic carbocycles. The molecule has 0 radical (unpaired) electrons. The minimum Gasteiger partial charge on any atom is -0.489 e. The summed E-state index contributed by atoms with van der Waals surface area (Å²) in [7, 11) is -4.66. The van der Waals surface area contributed by atoms with E-state index in [4.69, 9.17) is 23.9 Å². The fraction of sp³-hybridized carbons (Fsp3) is 0.667. The van der Waals surface area contributed by atoms with Crippen LogP contribution in [0.4, 0.5) is 10.5 Å². The Morgan fingerprint density at radius 2 is 1.84 bits per heavy atom. The Hall–Kier alpha value is -2.24. The zero-order chi connectivity index (χ0) is 27.5. The summed E-state index contributed by atoms with van der Waals surface area (Å²) in [5, 5.41) is 2.63. The zero-order valence-electron chi connectivity index (χ0n) is 24.2. The number of hydrogen-bond acceptors (Lipinski definition) is 5. The first kappa shape index (κ1) is 22.9. The second kappa shape index (κ2) is 10.1. The average Bonchev–Trinajstić information content (AvgIpc) is 2.57. The van der Waals surface area contributed by atoms with Gasteiger partial charge in [0, 0.05) is 18.4 Å². The molecule has 0 unspecified atom stereocenters. The van der Waals surface area contributed by atoms with Crippen LogP contribution < -0.4 is 20.6 Å². The molecule has 0 saturated carbocycles. The fourth-order valence-corrected chi connectivity index (χ4v) is 4.44. The van der Waals surface area contributed by atoms with E-state index in [0.29, 0.717) is 12.1 Å². The van der Waals surface area contributed by atoms with E-state index in [2.05, 4.69) is 64.9 Å². The number of nitrogen functional groups attached to an aromatic ring is 1. The van der Waals surface area contributed by atoms with Gasteiger partial charge in [-0.2, -0.15) is 0 Å². The Balaban J connectivity index is 3.11. The standard InChI is InChI=1S/C24H41N3O4Si/c1-22(2,3)30-21(28)26-19-16-18(27(25)17-20(19)29-9)14-12-13-15-24(7,8)31-32(10,11)23(4,5)6/h16-17H,13,15,25H2,1-11H3/p+1/i9D3. The maximum atomic E-state index is 12.3. The van der Waals surface area contributed by atoms with Crippen LogP contribution in [0.25, 0.3) is 0 Å². The highest BCUT2D eigenvalue weighted by molar-refractivity contribution is 6.74. The maximum absolute atomic E-state index is 12.3. The third-order valence-corrected chi connectivity index (χ3v) is 9.91. The summed E-state index contributed by atoms with van der Waals surface area (Å²) in [5.74, 6) is 12.0. The third-order valence-electron chi connectivity index (χ3n) is 5.23. The van der Waals surface area contributed by atoms with Gasteiger partial charge in [0.05, 0.1) is 16.8 Å². The summed E-state index contributed by atoms with van der Waals surface area (Å²) >= 11 is 0. The number of aromatic nitrogens is 1. The largest absolute Gasteiger partial charge is 0.489 e. The predicted octanol–water partition coefficient (Wildman–Crippen LogP) is 4.98. The number of carbonyl (C=O) groups excluding carboxylic acids is 1. The van der Waals surface area contributed by atoms with E-state index in [1.807, 2.05) is 0 Å². The van der Waals surface area contributed by atoms with Gasteiger partial charge in [-0.05, 0) is 59.2 Å². The monoisotopic (exact) mass is 467 g/mol. The highest BCUT2D eigenvalue weighted by Crippen LogP contribution is 2.39. The molecule has 0 spiro atoms. The Labute approximate surface area is 199 Å². The van der Waals surface area contributed by atoms with Crippen LogP contribution in [0.1, 0.15) is 78.0 Å². The molecule has 3 N–H and O–H groups in total. The SMILES string of the molecule is [2H]C([2H])([2H])Oc1c[n+](N)c(C#CCCC(C)(C)O[Si](C)(C)C(C)(C)C)cc1NC(=O)OC(C)(C)C. The van der Waals surface area contributed by atoms with Gasteiger partial charge in [-0.1, -0.05) is 31.4 Å². The molecule has 1 aromatic heterocycles. The molecule has 1 rings (SSSR count). The lowest BCUT2D eigenvalue weighted by Gasteiger charge is -2.42. The van der Waals surface area contributed by atoms with E-state index in [1.165, 1.54) is 12.3 Å². The molecular weight excluding hydrogens is 422 g/mol. The van der Waals surface area contributed by atoms with Gasteiger partial charge in [0.25, 0.3) is 5.69 Å². The number of anilines is 1. The summed E-state index contributed by atoms with van der Waals surface area (Å²) in [6, 6.07) is 1.45. The van der Waals surface area contributed by atoms with Crippen LogP contribution in [0, 0.1) is 11.8 Å². The van der Waals surface area contributed by atoms with Crippen molar-refractivity contribution < 1.29 is 27.5 Å². The number of nitrogens with two attached hydrogens (primary N) is 1. The van der Waals surface area contributed by atoms with Crippen molar-refractivity contribution in [2.45, 2.75) is 97.6 Å². The third kappa shape index (κ3) is 8.71. The lowest BCUT2D eigenvalue weighted by atomic mass is 10.0. The summed E-state index contributed by atoms with van der Waals surface area (Å²) in [4.78, 5) is 12.3. The number of ether oxygens (including phenoxy) is 2. The topological polar surface area (TPSA) is 86.7 Å². The van der Waals surface area contributed by atoms with Crippen LogP contribution in [-0.4, -0.2) is 32.7 Å². The predicted molar refractivity (Wildman–Crippen MR) is 132 cm³/mol. The molecule has 0 aromatic carbocycles. The molecule has 8 heteroatoms. The van der Waals surface area contributed by atoms with Crippen molar-refractivity contribution in [1.29, 1.82) is 0 Å². The molecule has 1 aromatic rings. The second-order valence-electron chi connectivity index (χ2n) is 11.0. The van der Waals surface area contributed by atoms with Crippen molar-refractivity contribution in [3.8, 4) is 17.6 Å². The van der Waals surface area contributed by atoms with Gasteiger partial charge in [-0.15, -0.1) is 0 Å². The first-order valence-electron chi connectivity index (χ1n) is 12.2. The summed E-state index contributed by atoms with van der Waals surface area (Å²) in [6.07, 6.45) is 1.78. The van der Waals surface area contributed by atoms with Crippen molar-refractivity contribution in [2.24, 2.45) is 0 Å². The molecule has 0 aliphatic heterocycles. The van der Waals surface area contributed by atoms with E-state index in [1.54, 1.807) is 20.8 Å². The molecule has 0 bridgehead atoms. The van der Waals surface area contributed by atoms with Gasteiger partial charge in [0.1, 0.15) is 11.3 Å². The van der Waals surface area contributed by atoms with Crippen molar-refractivity contribution in [1.82, 2.24) is 0 Å². The first-order chi connectivity index (χ1) is 15.5. The van der Waals surface area contributed by atoms with Crippen molar-refractivity contribution >= 4 is 20.1 Å². The average molecular weight is 468 g/mol. The van der Waals surface area contributed by atoms with Crippen LogP contribution in [0.5, 0.6) is 5.75 Å². The number of carbonyl (C=O) groups is 1. The van der Waals surface area contributed by atoms with E-state index >= 15 is 0 Å². The van der Waals surface area contributed by atoms with E-state index in [0.717, 1.165) is 11.1 Å². The minimum atomic E-state index is -2.74.